The summed E-state index contributed by atoms with van der Waals surface area (Å²) < 4.78 is 0. The normalized spacial score (nSPS) is 80.0. The molecule has 3 aliphatic heterocycles. The fourth-order valence-electron chi connectivity index (χ4n) is 1.99. The van der Waals surface area contributed by atoms with Crippen molar-refractivity contribution in [1.82, 2.24) is 0 Å². The van der Waals surface area contributed by atoms with Gasteiger partial charge in [-0.1, -0.05) is 0 Å². The molecule has 0 spiro atoms. The second kappa shape index (κ2) is 1.21. The lowest BCUT2D eigenvalue weighted by Crippen LogP contribution is -2.20. The van der Waals surface area contributed by atoms with Gasteiger partial charge in [0, 0.05) is 31.5 Å². The Balaban J connectivity index is 1.84. The van der Waals surface area contributed by atoms with Crippen molar-refractivity contribution >= 4 is 35.3 Å². The average molecular weight is 174 g/mol. The van der Waals surface area contributed by atoms with Crippen LogP contribution in [0.15, 0.2) is 0 Å². The minimum absolute atomic E-state index is 1.12. The monoisotopic (exact) mass is 174 g/mol. The predicted octanol–water partition coefficient (Wildman–Crippen LogP) is 1.45. The highest BCUT2D eigenvalue weighted by Crippen LogP contribution is 2.75. The summed E-state index contributed by atoms with van der Waals surface area (Å²) >= 11 is 6.77. The molecule has 9 heavy (non-hydrogen) atoms. The fourth-order valence-corrected chi connectivity index (χ4v) is 7.52. The van der Waals surface area contributed by atoms with Crippen molar-refractivity contribution in [3.63, 3.8) is 0 Å². The smallest absolute Gasteiger partial charge is 0.0311 e. The van der Waals surface area contributed by atoms with E-state index in [1.54, 1.807) is 0 Å². The highest BCUT2D eigenvalue weighted by atomic mass is 32.2. The molecule has 3 saturated heterocycles. The van der Waals surface area contributed by atoms with Crippen LogP contribution in [0.3, 0.4) is 0 Å². The van der Waals surface area contributed by atoms with Gasteiger partial charge >= 0.3 is 0 Å². The topological polar surface area (TPSA) is 0 Å². The van der Waals surface area contributed by atoms with E-state index in [2.05, 4.69) is 35.3 Å². The van der Waals surface area contributed by atoms with Crippen LogP contribution in [-0.4, -0.2) is 31.5 Å². The first kappa shape index (κ1) is 4.83. The van der Waals surface area contributed by atoms with Crippen LogP contribution >= 0.6 is 35.3 Å². The van der Waals surface area contributed by atoms with E-state index in [1.807, 2.05) is 0 Å². The molecule has 1 saturated carbocycles. The standard InChI is InChI=1S/C6H6S3/c7-1-2(7)4-6(9-4)5-3(1)8-5/h1-6H. The van der Waals surface area contributed by atoms with E-state index in [0.717, 1.165) is 31.5 Å². The van der Waals surface area contributed by atoms with Crippen molar-refractivity contribution in [2.24, 2.45) is 0 Å². The van der Waals surface area contributed by atoms with E-state index < -0.39 is 0 Å². The van der Waals surface area contributed by atoms with Gasteiger partial charge in [-0.25, -0.2) is 0 Å². The first-order valence-corrected chi connectivity index (χ1v) is 6.24. The number of fused-ring (bicyclic) bond motifs is 6. The Morgan fingerprint density at radius 1 is 0.444 bits per heavy atom. The molecule has 0 unspecified atom stereocenters. The zero-order valence-electron chi connectivity index (χ0n) is 4.69. The highest BCUT2D eigenvalue weighted by molar-refractivity contribution is 8.18. The van der Waals surface area contributed by atoms with Crippen LogP contribution in [0.2, 0.25) is 0 Å². The zero-order chi connectivity index (χ0) is 5.59. The lowest BCUT2D eigenvalue weighted by molar-refractivity contribution is 0.732. The lowest BCUT2D eigenvalue weighted by Gasteiger charge is -1.97. The third kappa shape index (κ3) is 0.467. The molecule has 0 aromatic carbocycles. The van der Waals surface area contributed by atoms with Gasteiger partial charge in [-0.3, -0.25) is 0 Å². The van der Waals surface area contributed by atoms with Gasteiger partial charge in [0.25, 0.3) is 0 Å². The van der Waals surface area contributed by atoms with Crippen LogP contribution in [0, 0.1) is 0 Å². The van der Waals surface area contributed by atoms with Gasteiger partial charge in [-0.05, 0) is 0 Å². The van der Waals surface area contributed by atoms with E-state index in [4.69, 9.17) is 0 Å². The summed E-state index contributed by atoms with van der Waals surface area (Å²) in [6, 6.07) is 0. The number of hydrogen-bond donors (Lipinski definition) is 0. The Bertz CT molecular complexity index is 129. The van der Waals surface area contributed by atoms with E-state index in [-0.39, 0.29) is 0 Å². The second-order valence-electron chi connectivity index (χ2n) is 3.20. The fraction of sp³-hybridized carbons (Fsp3) is 1.00. The van der Waals surface area contributed by atoms with Crippen molar-refractivity contribution in [2.75, 3.05) is 0 Å². The SMILES string of the molecule is S1C2C3SC3C3SC3C12. The summed E-state index contributed by atoms with van der Waals surface area (Å²) in [6.07, 6.45) is 0. The maximum absolute atomic E-state index is 2.26. The third-order valence-electron chi connectivity index (χ3n) is 2.66. The molecule has 3 heterocycles. The second-order valence-corrected chi connectivity index (χ2v) is 7.28. The van der Waals surface area contributed by atoms with E-state index in [1.165, 1.54) is 0 Å². The first-order chi connectivity index (χ1) is 4.45. The van der Waals surface area contributed by atoms with E-state index >= 15 is 0 Å². The molecule has 0 radical (unpaired) electrons. The molecular weight excluding hydrogens is 168 g/mol. The van der Waals surface area contributed by atoms with Crippen molar-refractivity contribution in [3.05, 3.63) is 0 Å². The predicted molar refractivity (Wildman–Crippen MR) is 45.5 cm³/mol. The Labute approximate surface area is 66.9 Å². The Hall–Kier alpha value is 1.05. The molecule has 0 atom stereocenters. The number of thioether (sulfide) groups is 3. The van der Waals surface area contributed by atoms with Gasteiger partial charge in [0.05, 0.1) is 0 Å². The van der Waals surface area contributed by atoms with Crippen LogP contribution in [-0.2, 0) is 0 Å². The highest BCUT2D eigenvalue weighted by Gasteiger charge is 2.73. The molecule has 48 valence electrons. The Morgan fingerprint density at radius 2 is 0.667 bits per heavy atom. The summed E-state index contributed by atoms with van der Waals surface area (Å²) in [5.41, 5.74) is 0. The summed E-state index contributed by atoms with van der Waals surface area (Å²) in [4.78, 5) is 0. The Kier molecular flexibility index (Phi) is 0.648. The maximum atomic E-state index is 2.26. The summed E-state index contributed by atoms with van der Waals surface area (Å²) in [5.74, 6) is 0. The number of rotatable bonds is 0. The summed E-state index contributed by atoms with van der Waals surface area (Å²) in [5, 5.41) is 6.73. The average Bonchev–Trinajstić information content (AvgIpc) is 2.64. The van der Waals surface area contributed by atoms with Crippen molar-refractivity contribution in [3.8, 4) is 0 Å². The third-order valence-corrected chi connectivity index (χ3v) is 7.63. The van der Waals surface area contributed by atoms with Crippen LogP contribution in [0.25, 0.3) is 0 Å². The molecular formula is C6H6S3. The minimum Gasteiger partial charge on any atom is -0.150 e. The Morgan fingerprint density at radius 3 is 0.889 bits per heavy atom. The van der Waals surface area contributed by atoms with Gasteiger partial charge in [-0.2, -0.15) is 35.3 Å². The quantitative estimate of drug-likeness (QED) is 0.510. The van der Waals surface area contributed by atoms with Crippen LogP contribution < -0.4 is 0 Å². The molecule has 4 aliphatic rings. The molecule has 1 aliphatic carbocycles. The van der Waals surface area contributed by atoms with Crippen molar-refractivity contribution in [1.29, 1.82) is 0 Å². The van der Waals surface area contributed by atoms with Crippen molar-refractivity contribution in [2.45, 2.75) is 31.5 Å². The largest absolute Gasteiger partial charge is 0.150 e. The van der Waals surface area contributed by atoms with Gasteiger partial charge in [0.2, 0.25) is 0 Å². The van der Waals surface area contributed by atoms with Gasteiger partial charge in [0.15, 0.2) is 0 Å². The molecule has 0 nitrogen and oxygen atoms in total. The summed E-state index contributed by atoms with van der Waals surface area (Å²) in [6.45, 7) is 0. The first-order valence-electron chi connectivity index (χ1n) is 3.41. The molecule has 4 fully saturated rings. The lowest BCUT2D eigenvalue weighted by atomic mass is 10.0. The molecule has 4 rings (SSSR count). The number of hydrogen-bond acceptors (Lipinski definition) is 3. The van der Waals surface area contributed by atoms with Crippen LogP contribution in [0.4, 0.5) is 0 Å². The van der Waals surface area contributed by atoms with Gasteiger partial charge in [-0.15, -0.1) is 0 Å². The molecule has 3 heteroatoms. The van der Waals surface area contributed by atoms with Gasteiger partial charge < -0.3 is 0 Å². The zero-order valence-corrected chi connectivity index (χ0v) is 7.14. The van der Waals surface area contributed by atoms with Gasteiger partial charge in [0.1, 0.15) is 0 Å². The summed E-state index contributed by atoms with van der Waals surface area (Å²) in [7, 11) is 0. The van der Waals surface area contributed by atoms with Crippen LogP contribution in [0.5, 0.6) is 0 Å². The molecule has 0 bridgehead atoms. The van der Waals surface area contributed by atoms with E-state index in [0.29, 0.717) is 0 Å². The minimum atomic E-state index is 1.12. The molecule has 0 amide bonds. The van der Waals surface area contributed by atoms with E-state index in [9.17, 15) is 0 Å². The molecule has 0 N–H and O–H groups in total. The molecule has 0 aromatic heterocycles. The van der Waals surface area contributed by atoms with Crippen molar-refractivity contribution < 1.29 is 0 Å². The molecule has 0 aromatic rings. The van der Waals surface area contributed by atoms with Crippen LogP contribution in [0.1, 0.15) is 0 Å². The maximum Gasteiger partial charge on any atom is 0.0311 e.